The number of nitro groups is 1. The van der Waals surface area contributed by atoms with Gasteiger partial charge >= 0.3 is 6.18 Å². The molecule has 3 aromatic rings. The summed E-state index contributed by atoms with van der Waals surface area (Å²) >= 11 is 0. The first kappa shape index (κ1) is 17.3. The molecule has 0 spiro atoms. The van der Waals surface area contributed by atoms with E-state index in [2.05, 4.69) is 10.3 Å². The van der Waals surface area contributed by atoms with Gasteiger partial charge in [-0.25, -0.2) is 0 Å². The van der Waals surface area contributed by atoms with Crippen LogP contribution >= 0.6 is 0 Å². The number of nitro benzene ring substituents is 1. The van der Waals surface area contributed by atoms with E-state index in [1.54, 1.807) is 0 Å². The van der Waals surface area contributed by atoms with E-state index in [1.165, 1.54) is 42.6 Å². The van der Waals surface area contributed by atoms with Crippen molar-refractivity contribution in [3.05, 3.63) is 76.0 Å². The van der Waals surface area contributed by atoms with E-state index < -0.39 is 22.6 Å². The van der Waals surface area contributed by atoms with Crippen LogP contribution in [0.2, 0.25) is 0 Å². The molecule has 3 rings (SSSR count). The molecule has 0 saturated heterocycles. The van der Waals surface area contributed by atoms with Crippen molar-refractivity contribution in [3.63, 3.8) is 0 Å². The molecule has 0 atom stereocenters. The average Bonchev–Trinajstić information content (AvgIpc) is 2.60. The van der Waals surface area contributed by atoms with E-state index in [0.717, 1.165) is 12.1 Å². The van der Waals surface area contributed by atoms with Crippen molar-refractivity contribution >= 4 is 28.2 Å². The summed E-state index contributed by atoms with van der Waals surface area (Å²) in [6.45, 7) is 0. The van der Waals surface area contributed by atoms with Gasteiger partial charge in [-0.15, -0.1) is 0 Å². The lowest BCUT2D eigenvalue weighted by molar-refractivity contribution is -0.384. The van der Waals surface area contributed by atoms with Gasteiger partial charge in [0, 0.05) is 29.3 Å². The van der Waals surface area contributed by atoms with Crippen LogP contribution in [0.5, 0.6) is 0 Å². The maximum atomic E-state index is 12.8. The highest BCUT2D eigenvalue weighted by molar-refractivity contribution is 6.08. The maximum absolute atomic E-state index is 12.8. The first-order valence-electron chi connectivity index (χ1n) is 7.27. The van der Waals surface area contributed by atoms with Crippen molar-refractivity contribution in [2.75, 3.05) is 5.32 Å². The molecule has 0 aliphatic heterocycles. The van der Waals surface area contributed by atoms with E-state index in [1.807, 2.05) is 0 Å². The predicted octanol–water partition coefficient (Wildman–Crippen LogP) is 4.41. The first-order chi connectivity index (χ1) is 12.3. The lowest BCUT2D eigenvalue weighted by Gasteiger charge is -2.11. The molecule has 1 N–H and O–H groups in total. The van der Waals surface area contributed by atoms with Crippen LogP contribution in [0.3, 0.4) is 0 Å². The number of hydrogen-bond acceptors (Lipinski definition) is 4. The number of amides is 1. The first-order valence-corrected chi connectivity index (χ1v) is 7.27. The third-order valence-corrected chi connectivity index (χ3v) is 3.66. The van der Waals surface area contributed by atoms with Gasteiger partial charge in [-0.1, -0.05) is 6.07 Å². The average molecular weight is 361 g/mol. The van der Waals surface area contributed by atoms with E-state index in [-0.39, 0.29) is 22.5 Å². The number of nitrogens with one attached hydrogen (secondary N) is 1. The molecule has 0 saturated carbocycles. The molecular formula is C17H10F3N3O3. The number of non-ortho nitro benzene ring substituents is 1. The minimum atomic E-state index is -4.49. The molecule has 0 bridgehead atoms. The summed E-state index contributed by atoms with van der Waals surface area (Å²) in [6.07, 6.45) is -3.21. The normalized spacial score (nSPS) is 11.3. The largest absolute Gasteiger partial charge is 0.416 e. The number of halogens is 3. The Kier molecular flexibility index (Phi) is 4.29. The fraction of sp³-hybridized carbons (Fsp3) is 0.0588. The molecule has 6 nitrogen and oxygen atoms in total. The zero-order valence-corrected chi connectivity index (χ0v) is 12.9. The van der Waals surface area contributed by atoms with E-state index in [9.17, 15) is 28.1 Å². The Morgan fingerprint density at radius 1 is 1.08 bits per heavy atom. The molecule has 9 heteroatoms. The number of nitrogens with zero attached hydrogens (tertiary/aromatic N) is 2. The zero-order chi connectivity index (χ0) is 18.9. The second kappa shape index (κ2) is 6.43. The highest BCUT2D eigenvalue weighted by Gasteiger charge is 2.30. The smallest absolute Gasteiger partial charge is 0.321 e. The molecular weight excluding hydrogens is 351 g/mol. The summed E-state index contributed by atoms with van der Waals surface area (Å²) in [5.74, 6) is -0.549. The molecule has 132 valence electrons. The van der Waals surface area contributed by atoms with E-state index >= 15 is 0 Å². The Morgan fingerprint density at radius 2 is 1.77 bits per heavy atom. The molecule has 26 heavy (non-hydrogen) atoms. The van der Waals surface area contributed by atoms with Crippen LogP contribution in [0.25, 0.3) is 10.9 Å². The lowest BCUT2D eigenvalue weighted by atomic mass is 10.1. The van der Waals surface area contributed by atoms with Crippen molar-refractivity contribution in [3.8, 4) is 0 Å². The standard InChI is InChI=1S/C17H10F3N3O3/c18-17(19,20)11-3-6-13-14(7-8-21-15(13)9-11)22-16(24)10-1-4-12(5-2-10)23(25)26/h1-9H,(H,21,22,24). The number of alkyl halides is 3. The SMILES string of the molecule is O=C(Nc1ccnc2cc(C(F)(F)F)ccc12)c1ccc([N+](=O)[O-])cc1. The highest BCUT2D eigenvalue weighted by Crippen LogP contribution is 2.32. The van der Waals surface area contributed by atoms with Crippen molar-refractivity contribution < 1.29 is 22.9 Å². The molecule has 1 amide bonds. The van der Waals surface area contributed by atoms with Crippen LogP contribution in [0.4, 0.5) is 24.5 Å². The number of anilines is 1. The zero-order valence-electron chi connectivity index (χ0n) is 12.9. The number of benzene rings is 2. The summed E-state index contributed by atoms with van der Waals surface area (Å²) in [6, 6.07) is 9.46. The van der Waals surface area contributed by atoms with Gasteiger partial charge in [0.25, 0.3) is 11.6 Å². The minimum absolute atomic E-state index is 0.0846. The van der Waals surface area contributed by atoms with Gasteiger partial charge in [0.15, 0.2) is 0 Å². The molecule has 0 fully saturated rings. The highest BCUT2D eigenvalue weighted by atomic mass is 19.4. The van der Waals surface area contributed by atoms with Gasteiger partial charge in [-0.05, 0) is 30.3 Å². The molecule has 2 aromatic carbocycles. The van der Waals surface area contributed by atoms with Crippen molar-refractivity contribution in [1.82, 2.24) is 4.98 Å². The Balaban J connectivity index is 1.90. The van der Waals surface area contributed by atoms with Gasteiger partial charge in [0.2, 0.25) is 0 Å². The Hall–Kier alpha value is -3.49. The fourth-order valence-corrected chi connectivity index (χ4v) is 2.36. The number of carbonyl (C=O) groups is 1. The van der Waals surface area contributed by atoms with Crippen molar-refractivity contribution in [2.45, 2.75) is 6.18 Å². The summed E-state index contributed by atoms with van der Waals surface area (Å²) < 4.78 is 38.4. The Bertz CT molecular complexity index is 1000. The summed E-state index contributed by atoms with van der Waals surface area (Å²) in [4.78, 5) is 26.2. The number of fused-ring (bicyclic) bond motifs is 1. The number of pyridine rings is 1. The van der Waals surface area contributed by atoms with Crippen LogP contribution in [-0.4, -0.2) is 15.8 Å². The van der Waals surface area contributed by atoms with Gasteiger partial charge in [0.1, 0.15) is 0 Å². The quantitative estimate of drug-likeness (QED) is 0.553. The van der Waals surface area contributed by atoms with E-state index in [4.69, 9.17) is 0 Å². The van der Waals surface area contributed by atoms with Crippen LogP contribution in [0, 0.1) is 10.1 Å². The van der Waals surface area contributed by atoms with Gasteiger partial charge in [0.05, 0.1) is 21.7 Å². The topological polar surface area (TPSA) is 85.1 Å². The maximum Gasteiger partial charge on any atom is 0.416 e. The number of rotatable bonds is 3. The molecule has 1 aromatic heterocycles. The van der Waals surface area contributed by atoms with Crippen molar-refractivity contribution in [2.24, 2.45) is 0 Å². The van der Waals surface area contributed by atoms with Gasteiger partial charge < -0.3 is 5.32 Å². The molecule has 0 radical (unpaired) electrons. The fourth-order valence-electron chi connectivity index (χ4n) is 2.36. The van der Waals surface area contributed by atoms with Gasteiger partial charge in [-0.3, -0.25) is 19.9 Å². The monoisotopic (exact) mass is 361 g/mol. The molecule has 1 heterocycles. The second-order valence-corrected chi connectivity index (χ2v) is 5.35. The number of aromatic nitrogens is 1. The third-order valence-electron chi connectivity index (χ3n) is 3.66. The molecule has 0 unspecified atom stereocenters. The number of carbonyl (C=O) groups excluding carboxylic acids is 1. The lowest BCUT2D eigenvalue weighted by Crippen LogP contribution is -2.12. The number of hydrogen-bond donors (Lipinski definition) is 1. The summed E-state index contributed by atoms with van der Waals surface area (Å²) in [5.41, 5.74) is -0.451. The Labute approximate surface area is 144 Å². The summed E-state index contributed by atoms with van der Waals surface area (Å²) in [5, 5.41) is 13.6. The van der Waals surface area contributed by atoms with Crippen LogP contribution in [0.1, 0.15) is 15.9 Å². The van der Waals surface area contributed by atoms with Crippen LogP contribution in [-0.2, 0) is 6.18 Å². The van der Waals surface area contributed by atoms with Crippen LogP contribution in [0.15, 0.2) is 54.7 Å². The summed E-state index contributed by atoms with van der Waals surface area (Å²) in [7, 11) is 0. The predicted molar refractivity (Wildman–Crippen MR) is 87.8 cm³/mol. The molecule has 0 aliphatic rings. The molecule has 0 aliphatic carbocycles. The van der Waals surface area contributed by atoms with Gasteiger partial charge in [-0.2, -0.15) is 13.2 Å². The Morgan fingerprint density at radius 3 is 2.38 bits per heavy atom. The second-order valence-electron chi connectivity index (χ2n) is 5.35. The third kappa shape index (κ3) is 3.46. The van der Waals surface area contributed by atoms with Crippen LogP contribution < -0.4 is 5.32 Å². The van der Waals surface area contributed by atoms with Crippen molar-refractivity contribution in [1.29, 1.82) is 0 Å². The minimum Gasteiger partial charge on any atom is -0.321 e. The van der Waals surface area contributed by atoms with E-state index in [0.29, 0.717) is 5.39 Å².